The zero-order chi connectivity index (χ0) is 9.30. The van der Waals surface area contributed by atoms with Gasteiger partial charge in [0.15, 0.2) is 12.5 Å². The summed E-state index contributed by atoms with van der Waals surface area (Å²) in [7, 11) is 1.29. The Labute approximate surface area is 69.9 Å². The summed E-state index contributed by atoms with van der Waals surface area (Å²) in [5.41, 5.74) is 0. The molecule has 0 aromatic carbocycles. The van der Waals surface area contributed by atoms with Crippen molar-refractivity contribution in [3.63, 3.8) is 0 Å². The zero-order valence-electron chi connectivity index (χ0n) is 6.98. The highest BCUT2D eigenvalue weighted by Gasteiger charge is 2.43. The Bertz CT molecular complexity index is 150. The average Bonchev–Trinajstić information content (AvgIpc) is 2.08. The van der Waals surface area contributed by atoms with Crippen LogP contribution in [0.1, 0.15) is 6.92 Å². The largest absolute Gasteiger partial charge is 0.388 e. The third kappa shape index (κ3) is 1.59. The predicted molar refractivity (Wildman–Crippen MR) is 38.3 cm³/mol. The molecule has 0 amide bonds. The lowest BCUT2D eigenvalue weighted by molar-refractivity contribution is -0.270. The van der Waals surface area contributed by atoms with Gasteiger partial charge in [0.25, 0.3) is 0 Å². The summed E-state index contributed by atoms with van der Waals surface area (Å²) in [4.78, 5) is 0. The van der Waals surface area contributed by atoms with Crippen molar-refractivity contribution in [1.29, 1.82) is 0 Å². The van der Waals surface area contributed by atoms with E-state index < -0.39 is 30.8 Å². The molecule has 0 saturated carbocycles. The van der Waals surface area contributed by atoms with E-state index >= 15 is 0 Å². The molecule has 5 atom stereocenters. The lowest BCUT2D eigenvalue weighted by atomic mass is 10.0. The van der Waals surface area contributed by atoms with Gasteiger partial charge in [-0.3, -0.25) is 0 Å². The summed E-state index contributed by atoms with van der Waals surface area (Å²) in [6.07, 6.45) is -6.01. The quantitative estimate of drug-likeness (QED) is 0.567. The van der Waals surface area contributed by atoms with Gasteiger partial charge in [0.2, 0.25) is 0 Å². The van der Waals surface area contributed by atoms with Crippen molar-refractivity contribution in [1.82, 2.24) is 0 Å². The SMILES string of the molecule is CO[C@H]1O[C@H](C)[C@H](O)[C@H](O)[C@H]1F. The Morgan fingerprint density at radius 1 is 1.33 bits per heavy atom. The van der Waals surface area contributed by atoms with Crippen LogP contribution in [0.4, 0.5) is 4.39 Å². The maximum atomic E-state index is 13.0. The number of hydrogen-bond acceptors (Lipinski definition) is 4. The van der Waals surface area contributed by atoms with E-state index in [0.29, 0.717) is 0 Å². The van der Waals surface area contributed by atoms with E-state index in [0.717, 1.165) is 0 Å². The van der Waals surface area contributed by atoms with E-state index in [1.807, 2.05) is 0 Å². The van der Waals surface area contributed by atoms with Gasteiger partial charge in [0, 0.05) is 7.11 Å². The first-order chi connectivity index (χ1) is 5.57. The van der Waals surface area contributed by atoms with Crippen molar-refractivity contribution in [3.8, 4) is 0 Å². The smallest absolute Gasteiger partial charge is 0.191 e. The second-order valence-corrected chi connectivity index (χ2v) is 2.87. The molecule has 1 fully saturated rings. The predicted octanol–water partition coefficient (Wildman–Crippen LogP) is -0.563. The van der Waals surface area contributed by atoms with Crippen LogP contribution >= 0.6 is 0 Å². The molecule has 1 aliphatic heterocycles. The third-order valence-corrected chi connectivity index (χ3v) is 2.00. The minimum atomic E-state index is -1.69. The minimum absolute atomic E-state index is 0.614. The van der Waals surface area contributed by atoms with Crippen molar-refractivity contribution in [2.75, 3.05) is 7.11 Å². The number of methoxy groups -OCH3 is 1. The lowest BCUT2D eigenvalue weighted by Gasteiger charge is -2.37. The molecule has 2 N–H and O–H groups in total. The molecule has 0 unspecified atom stereocenters. The minimum Gasteiger partial charge on any atom is -0.388 e. The summed E-state index contributed by atoms with van der Waals surface area (Å²) >= 11 is 0. The van der Waals surface area contributed by atoms with Crippen LogP contribution in [-0.2, 0) is 9.47 Å². The van der Waals surface area contributed by atoms with Crippen LogP contribution in [0.15, 0.2) is 0 Å². The van der Waals surface area contributed by atoms with E-state index in [1.54, 1.807) is 6.92 Å². The summed E-state index contributed by atoms with van der Waals surface area (Å²) in [5.74, 6) is 0. The summed E-state index contributed by atoms with van der Waals surface area (Å²) in [6.45, 7) is 1.55. The lowest BCUT2D eigenvalue weighted by Crippen LogP contribution is -2.55. The number of halogens is 1. The van der Waals surface area contributed by atoms with E-state index in [1.165, 1.54) is 7.11 Å². The molecular weight excluding hydrogens is 167 g/mol. The van der Waals surface area contributed by atoms with Crippen LogP contribution in [0.2, 0.25) is 0 Å². The second-order valence-electron chi connectivity index (χ2n) is 2.87. The first-order valence-corrected chi connectivity index (χ1v) is 3.76. The van der Waals surface area contributed by atoms with E-state index in [4.69, 9.17) is 14.9 Å². The maximum Gasteiger partial charge on any atom is 0.191 e. The van der Waals surface area contributed by atoms with Gasteiger partial charge in [-0.2, -0.15) is 0 Å². The summed E-state index contributed by atoms with van der Waals surface area (Å²) in [6, 6.07) is 0. The number of ether oxygens (including phenoxy) is 2. The number of hydrogen-bond donors (Lipinski definition) is 2. The van der Waals surface area contributed by atoms with Crippen molar-refractivity contribution in [2.24, 2.45) is 0 Å². The molecule has 12 heavy (non-hydrogen) atoms. The molecule has 0 radical (unpaired) electrons. The van der Waals surface area contributed by atoms with Crippen LogP contribution in [0.25, 0.3) is 0 Å². The normalized spacial score (nSPS) is 49.2. The van der Waals surface area contributed by atoms with Gasteiger partial charge in [-0.05, 0) is 6.92 Å². The Morgan fingerprint density at radius 3 is 2.42 bits per heavy atom. The van der Waals surface area contributed by atoms with Gasteiger partial charge >= 0.3 is 0 Å². The molecule has 0 spiro atoms. The van der Waals surface area contributed by atoms with Crippen LogP contribution in [0.3, 0.4) is 0 Å². The molecule has 0 aromatic rings. The Kier molecular flexibility index (Phi) is 3.00. The Balaban J connectivity index is 2.63. The maximum absolute atomic E-state index is 13.0. The molecule has 4 nitrogen and oxygen atoms in total. The average molecular weight is 180 g/mol. The molecular formula is C7H13FO4. The van der Waals surface area contributed by atoms with Crippen molar-refractivity contribution in [3.05, 3.63) is 0 Å². The number of aliphatic hydroxyl groups excluding tert-OH is 2. The molecule has 0 bridgehead atoms. The monoisotopic (exact) mass is 180 g/mol. The molecule has 1 rings (SSSR count). The van der Waals surface area contributed by atoms with Crippen LogP contribution in [0, 0.1) is 0 Å². The standard InChI is InChI=1S/C7H13FO4/c1-3-5(9)6(10)4(8)7(11-2)12-3/h3-7,9-10H,1-2H3/t3-,4-,5+,6-,7+/m1/s1. The van der Waals surface area contributed by atoms with Gasteiger partial charge in [-0.1, -0.05) is 0 Å². The molecule has 0 aliphatic carbocycles. The summed E-state index contributed by atoms with van der Waals surface area (Å²) < 4.78 is 22.6. The van der Waals surface area contributed by atoms with Crippen molar-refractivity contribution < 1.29 is 24.1 Å². The third-order valence-electron chi connectivity index (χ3n) is 2.00. The number of rotatable bonds is 1. The van der Waals surface area contributed by atoms with Crippen LogP contribution in [0.5, 0.6) is 0 Å². The molecule has 0 aromatic heterocycles. The Hall–Kier alpha value is -0.230. The van der Waals surface area contributed by atoms with E-state index in [2.05, 4.69) is 4.74 Å². The highest BCUT2D eigenvalue weighted by atomic mass is 19.1. The topological polar surface area (TPSA) is 58.9 Å². The fourth-order valence-corrected chi connectivity index (χ4v) is 1.18. The fourth-order valence-electron chi connectivity index (χ4n) is 1.18. The molecule has 72 valence electrons. The van der Waals surface area contributed by atoms with Crippen LogP contribution in [-0.4, -0.2) is 48.1 Å². The number of aliphatic hydroxyl groups is 2. The Morgan fingerprint density at radius 2 is 1.92 bits per heavy atom. The second kappa shape index (κ2) is 3.66. The van der Waals surface area contributed by atoms with E-state index in [9.17, 15) is 4.39 Å². The fraction of sp³-hybridized carbons (Fsp3) is 1.00. The summed E-state index contributed by atoms with van der Waals surface area (Å²) in [5, 5.41) is 18.3. The van der Waals surface area contributed by atoms with Crippen molar-refractivity contribution in [2.45, 2.75) is 37.7 Å². The molecule has 1 saturated heterocycles. The highest BCUT2D eigenvalue weighted by molar-refractivity contribution is 4.87. The molecule has 5 heteroatoms. The van der Waals surface area contributed by atoms with Gasteiger partial charge in [0.1, 0.15) is 12.2 Å². The van der Waals surface area contributed by atoms with Gasteiger partial charge in [-0.25, -0.2) is 4.39 Å². The first kappa shape index (κ1) is 9.85. The highest BCUT2D eigenvalue weighted by Crippen LogP contribution is 2.23. The van der Waals surface area contributed by atoms with Crippen molar-refractivity contribution >= 4 is 0 Å². The van der Waals surface area contributed by atoms with Gasteiger partial charge in [-0.15, -0.1) is 0 Å². The van der Waals surface area contributed by atoms with Crippen LogP contribution < -0.4 is 0 Å². The van der Waals surface area contributed by atoms with Gasteiger partial charge in [0.05, 0.1) is 6.10 Å². The first-order valence-electron chi connectivity index (χ1n) is 3.76. The number of alkyl halides is 1. The molecule has 1 heterocycles. The van der Waals surface area contributed by atoms with E-state index in [-0.39, 0.29) is 0 Å². The molecule has 1 aliphatic rings. The zero-order valence-corrected chi connectivity index (χ0v) is 6.98. The van der Waals surface area contributed by atoms with Gasteiger partial charge < -0.3 is 19.7 Å².